The summed E-state index contributed by atoms with van der Waals surface area (Å²) in [5.74, 6) is 5.70. The van der Waals surface area contributed by atoms with Gasteiger partial charge in [-0.15, -0.1) is 11.3 Å². The van der Waals surface area contributed by atoms with E-state index in [2.05, 4.69) is 59.6 Å². The number of rotatable bonds is 4. The summed E-state index contributed by atoms with van der Waals surface area (Å²) in [7, 11) is 0. The minimum absolute atomic E-state index is 0.0852. The standard InChI is InChI=1S/C15H20BrN3S/c1-15(2,3)13-9-20-14(18-13)8-12(19-17)10-4-6-11(16)7-5-10/h4-7,9,12,19H,8,17H2,1-3H3. The van der Waals surface area contributed by atoms with Crippen LogP contribution in [0.2, 0.25) is 0 Å². The fourth-order valence-electron chi connectivity index (χ4n) is 1.89. The zero-order valence-electron chi connectivity index (χ0n) is 12.0. The van der Waals surface area contributed by atoms with E-state index in [9.17, 15) is 0 Å². The Bertz CT molecular complexity index is 557. The highest BCUT2D eigenvalue weighted by Crippen LogP contribution is 2.27. The predicted octanol–water partition coefficient (Wildman–Crippen LogP) is 3.95. The van der Waals surface area contributed by atoms with Crippen molar-refractivity contribution in [2.45, 2.75) is 38.6 Å². The van der Waals surface area contributed by atoms with Gasteiger partial charge >= 0.3 is 0 Å². The summed E-state index contributed by atoms with van der Waals surface area (Å²) >= 11 is 5.15. The van der Waals surface area contributed by atoms with E-state index < -0.39 is 0 Å². The van der Waals surface area contributed by atoms with Crippen LogP contribution in [0.3, 0.4) is 0 Å². The van der Waals surface area contributed by atoms with Gasteiger partial charge in [0, 0.05) is 21.7 Å². The minimum atomic E-state index is 0.0852. The van der Waals surface area contributed by atoms with Gasteiger partial charge in [0.1, 0.15) is 0 Å². The van der Waals surface area contributed by atoms with Crippen molar-refractivity contribution in [3.8, 4) is 0 Å². The molecular weight excluding hydrogens is 334 g/mol. The molecule has 0 amide bonds. The Hall–Kier alpha value is -0.750. The van der Waals surface area contributed by atoms with Crippen molar-refractivity contribution in [2.24, 2.45) is 5.84 Å². The van der Waals surface area contributed by atoms with Crippen LogP contribution in [-0.2, 0) is 11.8 Å². The molecule has 1 heterocycles. The molecule has 0 saturated heterocycles. The lowest BCUT2D eigenvalue weighted by Gasteiger charge is -2.16. The van der Waals surface area contributed by atoms with E-state index in [1.165, 1.54) is 5.56 Å². The second kappa shape index (κ2) is 6.35. The lowest BCUT2D eigenvalue weighted by molar-refractivity contribution is 0.541. The quantitative estimate of drug-likeness (QED) is 0.646. The van der Waals surface area contributed by atoms with Crippen LogP contribution in [0.5, 0.6) is 0 Å². The summed E-state index contributed by atoms with van der Waals surface area (Å²) in [5, 5.41) is 3.26. The third-order valence-electron chi connectivity index (χ3n) is 3.17. The second-order valence-corrected chi connectivity index (χ2v) is 7.71. The number of nitrogens with zero attached hydrogens (tertiary/aromatic N) is 1. The van der Waals surface area contributed by atoms with Gasteiger partial charge in [-0.25, -0.2) is 4.98 Å². The number of benzene rings is 1. The maximum Gasteiger partial charge on any atom is 0.0948 e. The molecule has 0 fully saturated rings. The lowest BCUT2D eigenvalue weighted by Crippen LogP contribution is -2.29. The number of aromatic nitrogens is 1. The van der Waals surface area contributed by atoms with E-state index in [1.807, 2.05) is 12.1 Å². The number of hydrazine groups is 1. The molecule has 0 spiro atoms. The number of thiazole rings is 1. The van der Waals surface area contributed by atoms with Gasteiger partial charge in [-0.3, -0.25) is 11.3 Å². The average molecular weight is 354 g/mol. The minimum Gasteiger partial charge on any atom is -0.271 e. The SMILES string of the molecule is CC(C)(C)c1csc(CC(NN)c2ccc(Br)cc2)n1. The molecular formula is C15H20BrN3S. The van der Waals surface area contributed by atoms with Crippen LogP contribution < -0.4 is 11.3 Å². The van der Waals surface area contributed by atoms with Gasteiger partial charge < -0.3 is 0 Å². The fourth-order valence-corrected chi connectivity index (χ4v) is 3.22. The van der Waals surface area contributed by atoms with Crippen LogP contribution in [-0.4, -0.2) is 4.98 Å². The normalized spacial score (nSPS) is 13.4. The first-order chi connectivity index (χ1) is 9.40. The second-order valence-electron chi connectivity index (χ2n) is 5.85. The molecule has 0 radical (unpaired) electrons. The predicted molar refractivity (Wildman–Crippen MR) is 88.7 cm³/mol. The Morgan fingerprint density at radius 2 is 1.95 bits per heavy atom. The molecule has 0 saturated carbocycles. The highest BCUT2D eigenvalue weighted by molar-refractivity contribution is 9.10. The Labute approximate surface area is 132 Å². The molecule has 1 atom stereocenters. The highest BCUT2D eigenvalue weighted by atomic mass is 79.9. The first-order valence-corrected chi connectivity index (χ1v) is 8.24. The maximum atomic E-state index is 5.70. The van der Waals surface area contributed by atoms with Crippen LogP contribution in [0.25, 0.3) is 0 Å². The van der Waals surface area contributed by atoms with Crippen LogP contribution in [0, 0.1) is 0 Å². The van der Waals surface area contributed by atoms with Crippen LogP contribution in [0.4, 0.5) is 0 Å². The third kappa shape index (κ3) is 3.88. The van der Waals surface area contributed by atoms with Crippen molar-refractivity contribution in [1.29, 1.82) is 0 Å². The highest BCUT2D eigenvalue weighted by Gasteiger charge is 2.19. The lowest BCUT2D eigenvalue weighted by atomic mass is 9.93. The van der Waals surface area contributed by atoms with Gasteiger partial charge in [0.2, 0.25) is 0 Å². The van der Waals surface area contributed by atoms with Crippen LogP contribution >= 0.6 is 27.3 Å². The topological polar surface area (TPSA) is 50.9 Å². The van der Waals surface area contributed by atoms with Crippen molar-refractivity contribution in [1.82, 2.24) is 10.4 Å². The summed E-state index contributed by atoms with van der Waals surface area (Å²) in [5.41, 5.74) is 5.29. The fraction of sp³-hybridized carbons (Fsp3) is 0.400. The first kappa shape index (κ1) is 15.6. The molecule has 3 nitrogen and oxygen atoms in total. The van der Waals surface area contributed by atoms with E-state index in [1.54, 1.807) is 11.3 Å². The molecule has 1 unspecified atom stereocenters. The molecule has 2 aromatic rings. The molecule has 1 aromatic heterocycles. The molecule has 0 aliphatic carbocycles. The van der Waals surface area contributed by atoms with Crippen molar-refractivity contribution in [2.75, 3.05) is 0 Å². The van der Waals surface area contributed by atoms with Gasteiger partial charge in [-0.2, -0.15) is 0 Å². The Morgan fingerprint density at radius 3 is 2.45 bits per heavy atom. The van der Waals surface area contributed by atoms with Crippen LogP contribution in [0.1, 0.15) is 43.1 Å². The number of halogens is 1. The smallest absolute Gasteiger partial charge is 0.0948 e. The van der Waals surface area contributed by atoms with E-state index in [0.717, 1.165) is 21.6 Å². The van der Waals surface area contributed by atoms with E-state index in [0.29, 0.717) is 0 Å². The van der Waals surface area contributed by atoms with Crippen LogP contribution in [0.15, 0.2) is 34.1 Å². The number of hydrogen-bond donors (Lipinski definition) is 2. The number of hydrogen-bond acceptors (Lipinski definition) is 4. The van der Waals surface area contributed by atoms with Crippen molar-refractivity contribution < 1.29 is 0 Å². The maximum absolute atomic E-state index is 5.70. The van der Waals surface area contributed by atoms with Gasteiger partial charge in [-0.1, -0.05) is 48.8 Å². The van der Waals surface area contributed by atoms with Crippen molar-refractivity contribution in [3.05, 3.63) is 50.4 Å². The summed E-state index contributed by atoms with van der Waals surface area (Å²) in [6.07, 6.45) is 0.804. The average Bonchev–Trinajstić information content (AvgIpc) is 2.85. The zero-order valence-corrected chi connectivity index (χ0v) is 14.4. The molecule has 0 bridgehead atoms. The molecule has 0 aliphatic rings. The van der Waals surface area contributed by atoms with Crippen molar-refractivity contribution in [3.63, 3.8) is 0 Å². The largest absolute Gasteiger partial charge is 0.271 e. The monoisotopic (exact) mass is 353 g/mol. The summed E-state index contributed by atoms with van der Waals surface area (Å²) in [6.45, 7) is 6.54. The first-order valence-electron chi connectivity index (χ1n) is 6.56. The molecule has 1 aromatic carbocycles. The van der Waals surface area contributed by atoms with E-state index in [4.69, 9.17) is 10.8 Å². The third-order valence-corrected chi connectivity index (χ3v) is 4.57. The molecule has 5 heteroatoms. The van der Waals surface area contributed by atoms with E-state index in [-0.39, 0.29) is 11.5 Å². The molecule has 108 valence electrons. The van der Waals surface area contributed by atoms with E-state index >= 15 is 0 Å². The molecule has 3 N–H and O–H groups in total. The van der Waals surface area contributed by atoms with Gasteiger partial charge in [0.05, 0.1) is 16.7 Å². The Morgan fingerprint density at radius 1 is 1.30 bits per heavy atom. The van der Waals surface area contributed by atoms with Gasteiger partial charge in [0.25, 0.3) is 0 Å². The Kier molecular flexibility index (Phi) is 4.96. The molecule has 2 rings (SSSR count). The zero-order chi connectivity index (χ0) is 14.8. The molecule has 0 aliphatic heterocycles. The van der Waals surface area contributed by atoms with Crippen molar-refractivity contribution >= 4 is 27.3 Å². The summed E-state index contributed by atoms with van der Waals surface area (Å²) in [4.78, 5) is 4.73. The number of nitrogens with two attached hydrogens (primary N) is 1. The molecule has 20 heavy (non-hydrogen) atoms. The van der Waals surface area contributed by atoms with Gasteiger partial charge in [0.15, 0.2) is 0 Å². The summed E-state index contributed by atoms with van der Waals surface area (Å²) in [6, 6.07) is 8.30. The summed E-state index contributed by atoms with van der Waals surface area (Å²) < 4.78 is 1.07. The number of nitrogens with one attached hydrogen (secondary N) is 1. The van der Waals surface area contributed by atoms with Gasteiger partial charge in [-0.05, 0) is 17.7 Å². The Balaban J connectivity index is 2.14.